The molecule has 0 saturated carbocycles. The summed E-state index contributed by atoms with van der Waals surface area (Å²) in [7, 11) is 1.39. The molecule has 2 aromatic carbocycles. The van der Waals surface area contributed by atoms with E-state index in [9.17, 15) is 41.4 Å². The van der Waals surface area contributed by atoms with Gasteiger partial charge < -0.3 is 20.0 Å². The van der Waals surface area contributed by atoms with E-state index in [2.05, 4.69) is 4.98 Å². The molecule has 2 atom stereocenters. The Morgan fingerprint density at radius 1 is 1.00 bits per heavy atom. The van der Waals surface area contributed by atoms with Crippen LogP contribution in [0.2, 0.25) is 0 Å². The van der Waals surface area contributed by atoms with E-state index in [-0.39, 0.29) is 30.9 Å². The topological polar surface area (TPSA) is 76.9 Å². The zero-order valence-corrected chi connectivity index (χ0v) is 24.6. The number of thioether (sulfide) groups is 1. The van der Waals surface area contributed by atoms with Gasteiger partial charge in [0.15, 0.2) is 0 Å². The van der Waals surface area contributed by atoms with Crippen LogP contribution in [0, 0.1) is 0 Å². The van der Waals surface area contributed by atoms with Crippen molar-refractivity contribution in [1.82, 2.24) is 4.98 Å². The van der Waals surface area contributed by atoms with Crippen LogP contribution in [0.4, 0.5) is 37.8 Å². The van der Waals surface area contributed by atoms with Crippen LogP contribution >= 0.6 is 11.8 Å². The van der Waals surface area contributed by atoms with E-state index in [0.29, 0.717) is 35.5 Å². The molecule has 1 aliphatic rings. The van der Waals surface area contributed by atoms with Gasteiger partial charge in [-0.2, -0.15) is 26.3 Å². The summed E-state index contributed by atoms with van der Waals surface area (Å²) in [6.45, 7) is 2.55. The number of rotatable bonds is 7. The monoisotopic (exact) mass is 627 g/mol. The lowest BCUT2D eigenvalue weighted by atomic mass is 9.81. The molecule has 1 fully saturated rings. The van der Waals surface area contributed by atoms with E-state index >= 15 is 0 Å². The van der Waals surface area contributed by atoms with E-state index in [0.717, 1.165) is 4.90 Å². The molecule has 0 bridgehead atoms. The molecule has 1 aliphatic heterocycles. The second kappa shape index (κ2) is 12.0. The number of likely N-dealkylation sites (N-methyl/N-ethyl adjacent to an activating group) is 1. The van der Waals surface area contributed by atoms with Gasteiger partial charge in [-0.25, -0.2) is 4.98 Å². The number of hydrogen-bond acceptors (Lipinski definition) is 6. The maximum Gasteiger partial charge on any atom is 0.416 e. The Kier molecular flexibility index (Phi) is 9.11. The molecule has 2 unspecified atom stereocenters. The number of anilines is 2. The zero-order valence-electron chi connectivity index (χ0n) is 23.8. The zero-order chi connectivity index (χ0) is 31.9. The number of amides is 1. The van der Waals surface area contributed by atoms with Gasteiger partial charge in [0.05, 0.1) is 47.2 Å². The van der Waals surface area contributed by atoms with Crippen LogP contribution < -0.4 is 9.80 Å². The van der Waals surface area contributed by atoms with Gasteiger partial charge in [-0.15, -0.1) is 11.8 Å². The Labute approximate surface area is 249 Å². The first-order valence-corrected chi connectivity index (χ1v) is 14.5. The summed E-state index contributed by atoms with van der Waals surface area (Å²) in [4.78, 5) is 22.2. The number of halogens is 6. The lowest BCUT2D eigenvalue weighted by Crippen LogP contribution is -2.42. The Hall–Kier alpha value is -3.29. The van der Waals surface area contributed by atoms with Crippen molar-refractivity contribution in [3.8, 4) is 11.1 Å². The van der Waals surface area contributed by atoms with Crippen LogP contribution in [-0.2, 0) is 22.6 Å². The second-order valence-electron chi connectivity index (χ2n) is 10.9. The molecular formula is C30H31F6N3O3S. The molecule has 232 valence electrons. The molecule has 43 heavy (non-hydrogen) atoms. The number of hydrogen-bond donors (Lipinski definition) is 2. The van der Waals surface area contributed by atoms with E-state index in [1.54, 1.807) is 17.0 Å². The fourth-order valence-electron chi connectivity index (χ4n) is 5.26. The van der Waals surface area contributed by atoms with Crippen LogP contribution in [0.5, 0.6) is 0 Å². The highest BCUT2D eigenvalue weighted by molar-refractivity contribution is 7.98. The maximum atomic E-state index is 14.0. The predicted octanol–water partition coefficient (Wildman–Crippen LogP) is 6.38. The summed E-state index contributed by atoms with van der Waals surface area (Å²) in [5, 5.41) is 20.1. The van der Waals surface area contributed by atoms with Gasteiger partial charge in [0.25, 0.3) is 0 Å². The molecule has 2 N–H and O–H groups in total. The average Bonchev–Trinajstić information content (AvgIpc) is 3.35. The van der Waals surface area contributed by atoms with Crippen molar-refractivity contribution in [3.63, 3.8) is 0 Å². The first-order chi connectivity index (χ1) is 20.0. The third-order valence-electron chi connectivity index (χ3n) is 7.67. The highest BCUT2D eigenvalue weighted by Crippen LogP contribution is 2.42. The summed E-state index contributed by atoms with van der Waals surface area (Å²) in [6, 6.07) is 9.80. The first kappa shape index (κ1) is 32.6. The number of benzene rings is 2. The van der Waals surface area contributed by atoms with Gasteiger partial charge in [-0.1, -0.05) is 18.2 Å². The number of aliphatic hydroxyl groups excluding tert-OH is 2. The van der Waals surface area contributed by atoms with Gasteiger partial charge in [-0.3, -0.25) is 4.79 Å². The lowest BCUT2D eigenvalue weighted by Gasteiger charge is -2.32. The minimum Gasteiger partial charge on any atom is -0.394 e. The van der Waals surface area contributed by atoms with Crippen LogP contribution in [0.3, 0.4) is 0 Å². The summed E-state index contributed by atoms with van der Waals surface area (Å²) in [6.07, 6.45) is -7.21. The Balaban J connectivity index is 1.84. The van der Waals surface area contributed by atoms with Crippen LogP contribution in [-0.4, -0.2) is 59.7 Å². The predicted molar refractivity (Wildman–Crippen MR) is 153 cm³/mol. The maximum absolute atomic E-state index is 14.0. The smallest absolute Gasteiger partial charge is 0.394 e. The van der Waals surface area contributed by atoms with Gasteiger partial charge in [0, 0.05) is 24.1 Å². The van der Waals surface area contributed by atoms with Crippen molar-refractivity contribution in [2.75, 3.05) is 36.3 Å². The van der Waals surface area contributed by atoms with Crippen molar-refractivity contribution < 1.29 is 41.4 Å². The largest absolute Gasteiger partial charge is 0.416 e. The second-order valence-corrected chi connectivity index (χ2v) is 11.8. The summed E-state index contributed by atoms with van der Waals surface area (Å²) in [5.74, 6) is -0.333. The number of aromatic nitrogens is 1. The van der Waals surface area contributed by atoms with Crippen LogP contribution in [0.15, 0.2) is 59.6 Å². The van der Waals surface area contributed by atoms with Gasteiger partial charge in [-0.05, 0) is 68.0 Å². The SMILES string of the molecule is CSc1ccccc1-c1cc(N2CC(O)CC2CO)ncc1N(C)C(=O)C(C)(C)c1cc(C(F)(F)F)cc(C(F)(F)F)c1. The number of aliphatic hydroxyl groups is 2. The minimum absolute atomic E-state index is 0.0306. The standard InChI is InChI=1S/C30H31F6N3O3S/c1-28(2,17-9-18(29(31,32)33)11-19(10-17)30(34,35)36)27(42)38(3)24-14-37-26(39-15-21(41)12-20(39)16-40)13-23(24)22-7-5-6-8-25(22)43-4/h5-11,13-14,20-21,40-41H,12,15-16H2,1-4H3. The highest BCUT2D eigenvalue weighted by atomic mass is 32.2. The Bertz CT molecular complexity index is 1460. The quantitative estimate of drug-likeness (QED) is 0.234. The highest BCUT2D eigenvalue weighted by Gasteiger charge is 2.41. The molecule has 0 spiro atoms. The van der Waals surface area contributed by atoms with E-state index in [4.69, 9.17) is 0 Å². The van der Waals surface area contributed by atoms with Crippen LogP contribution in [0.1, 0.15) is 37.0 Å². The minimum atomic E-state index is -5.06. The Morgan fingerprint density at radius 3 is 2.14 bits per heavy atom. The van der Waals surface area contributed by atoms with Gasteiger partial charge in [0.1, 0.15) is 5.82 Å². The molecular weight excluding hydrogens is 596 g/mol. The fraction of sp³-hybridized carbons (Fsp3) is 0.400. The molecule has 1 saturated heterocycles. The Morgan fingerprint density at radius 2 is 1.58 bits per heavy atom. The number of pyridine rings is 1. The number of β-amino-alcohol motifs (C(OH)–C–C–N with tert-alkyl or cyclic N) is 1. The molecule has 1 amide bonds. The molecule has 4 rings (SSSR count). The summed E-state index contributed by atoms with van der Waals surface area (Å²) < 4.78 is 81.6. The van der Waals surface area contributed by atoms with Crippen molar-refractivity contribution in [2.24, 2.45) is 0 Å². The molecule has 2 heterocycles. The van der Waals surface area contributed by atoms with Crippen molar-refractivity contribution in [3.05, 3.63) is 71.4 Å². The van der Waals surface area contributed by atoms with E-state index < -0.39 is 46.5 Å². The molecule has 1 aromatic heterocycles. The lowest BCUT2D eigenvalue weighted by molar-refractivity contribution is -0.143. The summed E-state index contributed by atoms with van der Waals surface area (Å²) >= 11 is 1.44. The van der Waals surface area contributed by atoms with Crippen molar-refractivity contribution >= 4 is 29.2 Å². The first-order valence-electron chi connectivity index (χ1n) is 13.3. The number of alkyl halides is 6. The van der Waals surface area contributed by atoms with Crippen LogP contribution in [0.25, 0.3) is 11.1 Å². The molecule has 3 aromatic rings. The van der Waals surface area contributed by atoms with E-state index in [1.165, 1.54) is 43.8 Å². The molecule has 0 aliphatic carbocycles. The van der Waals surface area contributed by atoms with Gasteiger partial charge >= 0.3 is 12.4 Å². The molecule has 13 heteroatoms. The van der Waals surface area contributed by atoms with Gasteiger partial charge in [0.2, 0.25) is 5.91 Å². The third kappa shape index (κ3) is 6.63. The molecule has 0 radical (unpaired) electrons. The summed E-state index contributed by atoms with van der Waals surface area (Å²) in [5.41, 5.74) is -3.76. The number of carbonyl (C=O) groups excluding carboxylic acids is 1. The number of nitrogens with zero attached hydrogens (tertiary/aromatic N) is 3. The third-order valence-corrected chi connectivity index (χ3v) is 8.47. The van der Waals surface area contributed by atoms with E-state index in [1.807, 2.05) is 24.5 Å². The molecule has 6 nitrogen and oxygen atoms in total. The fourth-order valence-corrected chi connectivity index (χ4v) is 5.87. The average molecular weight is 628 g/mol. The van der Waals surface area contributed by atoms with Crippen molar-refractivity contribution in [1.29, 1.82) is 0 Å². The number of carbonyl (C=O) groups is 1. The van der Waals surface area contributed by atoms with Crippen molar-refractivity contribution in [2.45, 2.75) is 55.1 Å². The normalized spacial score (nSPS) is 17.8.